The Balaban J connectivity index is 1.20. The van der Waals surface area contributed by atoms with E-state index < -0.39 is 0 Å². The van der Waals surface area contributed by atoms with E-state index in [0.717, 1.165) is 63.5 Å². The second-order valence-electron chi connectivity index (χ2n) is 8.63. The van der Waals surface area contributed by atoms with Crippen LogP contribution in [-0.2, 0) is 17.6 Å². The number of fused-ring (bicyclic) bond motifs is 1. The van der Waals surface area contributed by atoms with Crippen LogP contribution in [0.5, 0.6) is 0 Å². The molecule has 1 aromatic heterocycles. The second-order valence-corrected chi connectivity index (χ2v) is 9.74. The zero-order valence-corrected chi connectivity index (χ0v) is 19.5. The number of nitriles is 1. The number of rotatable bonds is 7. The highest BCUT2D eigenvalue weighted by atomic mass is 32.1. The Labute approximate surface area is 195 Å². The van der Waals surface area contributed by atoms with E-state index in [1.807, 2.05) is 6.07 Å². The molecule has 1 aliphatic carbocycles. The van der Waals surface area contributed by atoms with Gasteiger partial charge in [0, 0.05) is 50.6 Å². The molecule has 1 N–H and O–H groups in total. The maximum absolute atomic E-state index is 12.6. The molecule has 1 fully saturated rings. The lowest BCUT2D eigenvalue weighted by molar-refractivity contribution is -0.116. The Kier molecular flexibility index (Phi) is 8.11. The first kappa shape index (κ1) is 22.7. The third-order valence-corrected chi connectivity index (χ3v) is 7.59. The number of aryl methyl sites for hydroxylation is 1. The fourth-order valence-corrected chi connectivity index (χ4v) is 5.75. The minimum atomic E-state index is 0.0196. The van der Waals surface area contributed by atoms with Crippen LogP contribution in [0.25, 0.3) is 6.08 Å². The molecule has 0 saturated carbocycles. The largest absolute Gasteiger partial charge is 0.317 e. The summed E-state index contributed by atoms with van der Waals surface area (Å²) in [5.41, 5.74) is 3.12. The summed E-state index contributed by atoms with van der Waals surface area (Å²) in [6.45, 7) is 5.76. The molecule has 1 aliphatic heterocycles. The van der Waals surface area contributed by atoms with E-state index in [-0.39, 0.29) is 5.91 Å². The molecule has 1 saturated heterocycles. The lowest BCUT2D eigenvalue weighted by atomic mass is 10.1. The maximum Gasteiger partial charge on any atom is 0.226 e. The highest BCUT2D eigenvalue weighted by Gasteiger charge is 2.22. The lowest BCUT2D eigenvalue weighted by Gasteiger charge is -2.33. The van der Waals surface area contributed by atoms with Crippen LogP contribution in [0.15, 0.2) is 36.4 Å². The van der Waals surface area contributed by atoms with Crippen molar-refractivity contribution >= 4 is 28.3 Å². The van der Waals surface area contributed by atoms with Gasteiger partial charge in [-0.05, 0) is 36.8 Å². The molecule has 1 amide bonds. The van der Waals surface area contributed by atoms with E-state index in [2.05, 4.69) is 57.6 Å². The summed E-state index contributed by atoms with van der Waals surface area (Å²) < 4.78 is 0. The molecule has 0 spiro atoms. The van der Waals surface area contributed by atoms with Crippen LogP contribution in [0, 0.1) is 11.3 Å². The highest BCUT2D eigenvalue weighted by molar-refractivity contribution is 7.16. The van der Waals surface area contributed by atoms with Gasteiger partial charge < -0.3 is 10.2 Å². The normalized spacial score (nSPS) is 17.6. The van der Waals surface area contributed by atoms with Gasteiger partial charge in [0.25, 0.3) is 0 Å². The third-order valence-electron chi connectivity index (χ3n) is 6.38. The standard InChI is InChI=1S/C26H32N4OS/c27-20-23-22-11-5-2-6-12-24(22)32-26(23)28-25(31)13-15-30-18-16-29(17-19-30)14-7-10-21-8-3-1-4-9-21/h1,3-4,7-10H,2,5-6,11-19H2,(H,28,31). The van der Waals surface area contributed by atoms with Crippen LogP contribution in [0.1, 0.15) is 47.3 Å². The number of hydrogen-bond donors (Lipinski definition) is 1. The molecule has 0 bridgehead atoms. The first-order valence-corrected chi connectivity index (χ1v) is 12.6. The summed E-state index contributed by atoms with van der Waals surface area (Å²) in [6.07, 6.45) is 10.4. The molecule has 0 atom stereocenters. The van der Waals surface area contributed by atoms with Gasteiger partial charge in [-0.15, -0.1) is 11.3 Å². The van der Waals surface area contributed by atoms with E-state index in [0.29, 0.717) is 12.0 Å². The van der Waals surface area contributed by atoms with E-state index in [1.165, 1.54) is 28.8 Å². The number of hydrogen-bond acceptors (Lipinski definition) is 5. The average Bonchev–Trinajstić information content (AvgIpc) is 2.98. The van der Waals surface area contributed by atoms with E-state index in [4.69, 9.17) is 0 Å². The van der Waals surface area contributed by atoms with Crippen molar-refractivity contribution in [2.75, 3.05) is 44.6 Å². The van der Waals surface area contributed by atoms with Gasteiger partial charge in [0.05, 0.1) is 5.56 Å². The van der Waals surface area contributed by atoms with Crippen molar-refractivity contribution in [3.63, 3.8) is 0 Å². The Morgan fingerprint density at radius 2 is 1.81 bits per heavy atom. The van der Waals surface area contributed by atoms with Crippen LogP contribution in [0.4, 0.5) is 5.00 Å². The summed E-state index contributed by atoms with van der Waals surface area (Å²) in [6, 6.07) is 12.7. The molecule has 6 heteroatoms. The molecule has 5 nitrogen and oxygen atoms in total. The number of thiophene rings is 1. The SMILES string of the molecule is N#Cc1c(NC(=O)CCN2CCN(CC=Cc3ccccc3)CC2)sc2c1CCCCC2. The van der Waals surface area contributed by atoms with Crippen LogP contribution in [0.2, 0.25) is 0 Å². The molecule has 168 valence electrons. The van der Waals surface area contributed by atoms with E-state index >= 15 is 0 Å². The Morgan fingerprint density at radius 3 is 2.59 bits per heavy atom. The van der Waals surface area contributed by atoms with Crippen LogP contribution in [0.3, 0.4) is 0 Å². The molecule has 4 rings (SSSR count). The number of benzene rings is 1. The number of amides is 1. The third kappa shape index (κ3) is 6.07. The fourth-order valence-electron chi connectivity index (χ4n) is 4.50. The van der Waals surface area contributed by atoms with Gasteiger partial charge in [-0.2, -0.15) is 5.26 Å². The van der Waals surface area contributed by atoms with Crippen molar-refractivity contribution in [3.05, 3.63) is 58.0 Å². The van der Waals surface area contributed by atoms with Crippen molar-refractivity contribution in [3.8, 4) is 6.07 Å². The molecular weight excluding hydrogens is 416 g/mol. The van der Waals surface area contributed by atoms with Crippen LogP contribution in [-0.4, -0.2) is 55.0 Å². The zero-order valence-electron chi connectivity index (χ0n) is 18.7. The average molecular weight is 449 g/mol. The molecule has 0 unspecified atom stereocenters. The van der Waals surface area contributed by atoms with Gasteiger partial charge in [0.2, 0.25) is 5.91 Å². The molecule has 2 aliphatic rings. The van der Waals surface area contributed by atoms with Crippen LogP contribution >= 0.6 is 11.3 Å². The van der Waals surface area contributed by atoms with E-state index in [1.54, 1.807) is 11.3 Å². The number of piperazine rings is 1. The zero-order chi connectivity index (χ0) is 22.2. The molecule has 1 aromatic carbocycles. The topological polar surface area (TPSA) is 59.4 Å². The van der Waals surface area contributed by atoms with Gasteiger partial charge in [-0.1, -0.05) is 48.9 Å². The van der Waals surface area contributed by atoms with Gasteiger partial charge in [-0.3, -0.25) is 9.69 Å². The van der Waals surface area contributed by atoms with Gasteiger partial charge in [0.15, 0.2) is 0 Å². The Morgan fingerprint density at radius 1 is 1.06 bits per heavy atom. The van der Waals surface area contributed by atoms with Gasteiger partial charge in [-0.25, -0.2) is 0 Å². The number of carbonyl (C=O) groups excluding carboxylic acids is 1. The molecule has 2 aromatic rings. The van der Waals surface area contributed by atoms with Crippen molar-refractivity contribution < 1.29 is 4.79 Å². The number of carbonyl (C=O) groups is 1. The first-order chi connectivity index (χ1) is 15.7. The van der Waals surface area contributed by atoms with Crippen molar-refractivity contribution in [1.29, 1.82) is 5.26 Å². The lowest BCUT2D eigenvalue weighted by Crippen LogP contribution is -2.46. The summed E-state index contributed by atoms with van der Waals surface area (Å²) >= 11 is 1.61. The maximum atomic E-state index is 12.6. The summed E-state index contributed by atoms with van der Waals surface area (Å²) in [7, 11) is 0. The number of anilines is 1. The first-order valence-electron chi connectivity index (χ1n) is 11.7. The predicted molar refractivity (Wildman–Crippen MR) is 132 cm³/mol. The summed E-state index contributed by atoms with van der Waals surface area (Å²) in [4.78, 5) is 18.7. The summed E-state index contributed by atoms with van der Waals surface area (Å²) in [5.74, 6) is 0.0196. The highest BCUT2D eigenvalue weighted by Crippen LogP contribution is 2.37. The smallest absolute Gasteiger partial charge is 0.226 e. The summed E-state index contributed by atoms with van der Waals surface area (Å²) in [5, 5.41) is 13.4. The minimum absolute atomic E-state index is 0.0196. The number of nitrogens with one attached hydrogen (secondary N) is 1. The monoisotopic (exact) mass is 448 g/mol. The van der Waals surface area contributed by atoms with Crippen molar-refractivity contribution in [1.82, 2.24) is 9.80 Å². The predicted octanol–water partition coefficient (Wildman–Crippen LogP) is 4.55. The molecule has 2 heterocycles. The number of nitrogens with zero attached hydrogens (tertiary/aromatic N) is 3. The van der Waals surface area contributed by atoms with E-state index in [9.17, 15) is 10.1 Å². The fraction of sp³-hybridized carbons (Fsp3) is 0.462. The Hall–Kier alpha value is -2.46. The Bertz CT molecular complexity index is 968. The van der Waals surface area contributed by atoms with Gasteiger partial charge in [0.1, 0.15) is 11.1 Å². The van der Waals surface area contributed by atoms with Crippen molar-refractivity contribution in [2.45, 2.75) is 38.5 Å². The quantitative estimate of drug-likeness (QED) is 0.632. The second kappa shape index (κ2) is 11.4. The van der Waals surface area contributed by atoms with Crippen molar-refractivity contribution in [2.24, 2.45) is 0 Å². The van der Waals surface area contributed by atoms with Gasteiger partial charge >= 0.3 is 0 Å². The molecule has 0 radical (unpaired) electrons. The molecular formula is C26H32N4OS. The molecule has 32 heavy (non-hydrogen) atoms. The minimum Gasteiger partial charge on any atom is -0.317 e. The van der Waals surface area contributed by atoms with Crippen LogP contribution < -0.4 is 5.32 Å².